The highest BCUT2D eigenvalue weighted by atomic mass is 127. The van der Waals surface area contributed by atoms with Gasteiger partial charge in [0, 0.05) is 20.8 Å². The third-order valence-corrected chi connectivity index (χ3v) is 4.73. The Kier molecular flexibility index (Phi) is 5.60. The van der Waals surface area contributed by atoms with Gasteiger partial charge in [-0.3, -0.25) is 4.79 Å². The first-order chi connectivity index (χ1) is 12.0. The summed E-state index contributed by atoms with van der Waals surface area (Å²) < 4.78 is 0.975. The maximum atomic E-state index is 12.3. The van der Waals surface area contributed by atoms with E-state index in [0.29, 0.717) is 22.8 Å². The van der Waals surface area contributed by atoms with Gasteiger partial charge in [0.1, 0.15) is 0 Å². The fourth-order valence-corrected chi connectivity index (χ4v) is 3.17. The van der Waals surface area contributed by atoms with Crippen LogP contribution < -0.4 is 11.1 Å². The zero-order valence-electron chi connectivity index (χ0n) is 13.3. The van der Waals surface area contributed by atoms with Crippen molar-refractivity contribution < 1.29 is 4.79 Å². The maximum absolute atomic E-state index is 12.3. The first-order valence-electron chi connectivity index (χ1n) is 7.71. The molecule has 3 rings (SSSR count). The molecule has 0 atom stereocenters. The van der Waals surface area contributed by atoms with Crippen LogP contribution >= 0.6 is 34.2 Å². The molecule has 1 amide bonds. The lowest BCUT2D eigenvalue weighted by Gasteiger charge is -2.09. The molecule has 3 nitrogen and oxygen atoms in total. The van der Waals surface area contributed by atoms with Crippen LogP contribution in [0.4, 0.5) is 5.69 Å². The molecule has 0 heterocycles. The van der Waals surface area contributed by atoms with Gasteiger partial charge in [-0.2, -0.15) is 0 Å². The molecule has 0 aromatic heterocycles. The van der Waals surface area contributed by atoms with Crippen molar-refractivity contribution in [3.63, 3.8) is 0 Å². The van der Waals surface area contributed by atoms with Crippen LogP contribution in [0.15, 0.2) is 66.7 Å². The second kappa shape index (κ2) is 7.89. The van der Waals surface area contributed by atoms with E-state index in [4.69, 9.17) is 17.3 Å². The van der Waals surface area contributed by atoms with Gasteiger partial charge in [-0.25, -0.2) is 0 Å². The highest BCUT2D eigenvalue weighted by molar-refractivity contribution is 14.1. The summed E-state index contributed by atoms with van der Waals surface area (Å²) in [6.07, 6.45) is 0. The summed E-state index contributed by atoms with van der Waals surface area (Å²) in [5, 5.41) is 3.62. The molecule has 0 saturated carbocycles. The average molecular weight is 463 g/mol. The molecule has 3 aromatic carbocycles. The number of hydrogen-bond donors (Lipinski definition) is 2. The third kappa shape index (κ3) is 4.52. The van der Waals surface area contributed by atoms with Crippen molar-refractivity contribution in [2.24, 2.45) is 0 Å². The number of amides is 1. The minimum Gasteiger partial charge on any atom is -0.398 e. The molecular formula is C20H16ClIN2O. The lowest BCUT2D eigenvalue weighted by atomic mass is 10.0. The van der Waals surface area contributed by atoms with Crippen LogP contribution in [0.5, 0.6) is 0 Å². The molecule has 25 heavy (non-hydrogen) atoms. The Morgan fingerprint density at radius 1 is 1.00 bits per heavy atom. The summed E-state index contributed by atoms with van der Waals surface area (Å²) in [6, 6.07) is 21.2. The summed E-state index contributed by atoms with van der Waals surface area (Å²) >= 11 is 8.20. The van der Waals surface area contributed by atoms with Gasteiger partial charge in [-0.15, -0.1) is 0 Å². The fraction of sp³-hybridized carbons (Fsp3) is 0.0500. The first kappa shape index (κ1) is 17.8. The Balaban J connectivity index is 1.68. The van der Waals surface area contributed by atoms with Crippen molar-refractivity contribution in [2.75, 3.05) is 5.73 Å². The lowest BCUT2D eigenvalue weighted by Crippen LogP contribution is -2.23. The second-order valence-corrected chi connectivity index (χ2v) is 7.30. The maximum Gasteiger partial charge on any atom is 0.253 e. The molecule has 0 fully saturated rings. The van der Waals surface area contributed by atoms with Crippen LogP contribution in [-0.2, 0) is 6.54 Å². The Hall–Kier alpha value is -2.05. The van der Waals surface area contributed by atoms with E-state index in [1.165, 1.54) is 0 Å². The van der Waals surface area contributed by atoms with Crippen LogP contribution in [-0.4, -0.2) is 5.91 Å². The zero-order valence-corrected chi connectivity index (χ0v) is 16.2. The molecule has 0 radical (unpaired) electrons. The number of carbonyl (C=O) groups excluding carboxylic acids is 1. The van der Waals surface area contributed by atoms with Crippen molar-refractivity contribution in [2.45, 2.75) is 6.54 Å². The Morgan fingerprint density at radius 3 is 2.48 bits per heavy atom. The Bertz CT molecular complexity index is 910. The Labute approximate surface area is 165 Å². The summed E-state index contributed by atoms with van der Waals surface area (Å²) in [5.41, 5.74) is 10.0. The summed E-state index contributed by atoms with van der Waals surface area (Å²) in [5.74, 6) is -0.171. The lowest BCUT2D eigenvalue weighted by molar-refractivity contribution is 0.0951. The van der Waals surface area contributed by atoms with Crippen molar-refractivity contribution in [1.29, 1.82) is 0 Å². The normalized spacial score (nSPS) is 10.5. The standard InChI is InChI=1S/C20H16ClIN2O/c21-16-3-1-2-15(10-16)14-6-4-13(5-7-14)12-24-20(25)18-11-17(22)8-9-19(18)23/h1-11H,12,23H2,(H,24,25). The minimum absolute atomic E-state index is 0.171. The van der Waals surface area contributed by atoms with E-state index >= 15 is 0 Å². The van der Waals surface area contributed by atoms with Crippen LogP contribution in [0.25, 0.3) is 11.1 Å². The summed E-state index contributed by atoms with van der Waals surface area (Å²) in [7, 11) is 0. The zero-order chi connectivity index (χ0) is 17.8. The van der Waals surface area contributed by atoms with E-state index in [-0.39, 0.29) is 5.91 Å². The smallest absolute Gasteiger partial charge is 0.253 e. The SMILES string of the molecule is Nc1ccc(I)cc1C(=O)NCc1ccc(-c2cccc(Cl)c2)cc1. The van der Waals surface area contributed by atoms with Crippen molar-refractivity contribution in [3.05, 3.63) is 86.4 Å². The van der Waals surface area contributed by atoms with E-state index in [1.807, 2.05) is 54.6 Å². The molecule has 5 heteroatoms. The number of nitrogens with two attached hydrogens (primary N) is 1. The van der Waals surface area contributed by atoms with Crippen molar-refractivity contribution in [1.82, 2.24) is 5.32 Å². The molecule has 0 saturated heterocycles. The van der Waals surface area contributed by atoms with E-state index < -0.39 is 0 Å². The van der Waals surface area contributed by atoms with Gasteiger partial charge in [-0.05, 0) is 69.6 Å². The number of anilines is 1. The first-order valence-corrected chi connectivity index (χ1v) is 9.17. The largest absolute Gasteiger partial charge is 0.398 e. The molecule has 126 valence electrons. The predicted molar refractivity (Wildman–Crippen MR) is 112 cm³/mol. The average Bonchev–Trinajstić information content (AvgIpc) is 2.62. The monoisotopic (exact) mass is 462 g/mol. The molecule has 3 N–H and O–H groups in total. The van der Waals surface area contributed by atoms with E-state index in [1.54, 1.807) is 12.1 Å². The van der Waals surface area contributed by atoms with Crippen LogP contribution in [0.2, 0.25) is 5.02 Å². The topological polar surface area (TPSA) is 55.1 Å². The number of benzene rings is 3. The van der Waals surface area contributed by atoms with Gasteiger partial charge in [-0.1, -0.05) is 48.0 Å². The van der Waals surface area contributed by atoms with Crippen LogP contribution in [0.1, 0.15) is 15.9 Å². The molecule has 3 aromatic rings. The summed E-state index contributed by atoms with van der Waals surface area (Å²) in [6.45, 7) is 0.444. The fourth-order valence-electron chi connectivity index (χ4n) is 2.49. The van der Waals surface area contributed by atoms with Crippen LogP contribution in [0.3, 0.4) is 0 Å². The molecule has 0 unspecified atom stereocenters. The van der Waals surface area contributed by atoms with Gasteiger partial charge >= 0.3 is 0 Å². The Morgan fingerprint density at radius 2 is 1.76 bits per heavy atom. The highest BCUT2D eigenvalue weighted by Crippen LogP contribution is 2.23. The van der Waals surface area contributed by atoms with E-state index in [0.717, 1.165) is 20.3 Å². The molecular weight excluding hydrogens is 447 g/mol. The van der Waals surface area contributed by atoms with Gasteiger partial charge in [0.05, 0.1) is 5.56 Å². The van der Waals surface area contributed by atoms with Crippen molar-refractivity contribution >= 4 is 45.8 Å². The van der Waals surface area contributed by atoms with Gasteiger partial charge < -0.3 is 11.1 Å². The van der Waals surface area contributed by atoms with E-state index in [9.17, 15) is 4.79 Å². The van der Waals surface area contributed by atoms with E-state index in [2.05, 4.69) is 27.9 Å². The van der Waals surface area contributed by atoms with Crippen LogP contribution in [0, 0.1) is 3.57 Å². The number of nitrogen functional groups attached to an aromatic ring is 1. The summed E-state index contributed by atoms with van der Waals surface area (Å²) in [4.78, 5) is 12.3. The molecule has 0 aliphatic heterocycles. The number of carbonyl (C=O) groups is 1. The number of halogens is 2. The third-order valence-electron chi connectivity index (χ3n) is 3.82. The van der Waals surface area contributed by atoms with Gasteiger partial charge in [0.2, 0.25) is 0 Å². The minimum atomic E-state index is -0.171. The number of nitrogens with one attached hydrogen (secondary N) is 1. The highest BCUT2D eigenvalue weighted by Gasteiger charge is 2.10. The quantitative estimate of drug-likeness (QED) is 0.417. The molecule has 0 aliphatic carbocycles. The van der Waals surface area contributed by atoms with Gasteiger partial charge in [0.15, 0.2) is 0 Å². The molecule has 0 aliphatic rings. The second-order valence-electron chi connectivity index (χ2n) is 5.62. The molecule has 0 spiro atoms. The van der Waals surface area contributed by atoms with Crippen molar-refractivity contribution in [3.8, 4) is 11.1 Å². The number of rotatable bonds is 4. The van der Waals surface area contributed by atoms with Gasteiger partial charge in [0.25, 0.3) is 5.91 Å². The predicted octanol–water partition coefficient (Wildman–Crippen LogP) is 5.12. The molecule has 0 bridgehead atoms. The number of hydrogen-bond acceptors (Lipinski definition) is 2.